The third-order valence-electron chi connectivity index (χ3n) is 3.34. The van der Waals surface area contributed by atoms with E-state index in [1.165, 1.54) is 25.7 Å². The highest BCUT2D eigenvalue weighted by Crippen LogP contribution is 2.36. The summed E-state index contributed by atoms with van der Waals surface area (Å²) in [6.45, 7) is 4.73. The Morgan fingerprint density at radius 2 is 2.31 bits per heavy atom. The molecule has 1 aliphatic rings. The van der Waals surface area contributed by atoms with Crippen molar-refractivity contribution < 1.29 is 0 Å². The average molecular weight is 283 g/mol. The van der Waals surface area contributed by atoms with Crippen LogP contribution >= 0.6 is 15.9 Å². The Labute approximate surface area is 106 Å². The monoisotopic (exact) mass is 282 g/mol. The van der Waals surface area contributed by atoms with Crippen molar-refractivity contribution in [3.05, 3.63) is 22.9 Å². The largest absolute Gasteiger partial charge is 0.381 e. The van der Waals surface area contributed by atoms with Crippen molar-refractivity contribution in [2.24, 2.45) is 5.41 Å². The van der Waals surface area contributed by atoms with E-state index in [-0.39, 0.29) is 0 Å². The molecule has 1 aromatic heterocycles. The van der Waals surface area contributed by atoms with Crippen LogP contribution in [0.3, 0.4) is 0 Å². The summed E-state index contributed by atoms with van der Waals surface area (Å²) in [5.41, 5.74) is 1.65. The summed E-state index contributed by atoms with van der Waals surface area (Å²) >= 11 is 3.53. The smallest absolute Gasteiger partial charge is 0.0590 e. The van der Waals surface area contributed by atoms with E-state index in [1.807, 2.05) is 18.5 Å². The predicted molar refractivity (Wildman–Crippen MR) is 71.6 cm³/mol. The molecule has 1 atom stereocenters. The minimum atomic E-state index is 0.482. The second-order valence-corrected chi connectivity index (χ2v) is 6.31. The predicted octanol–water partition coefficient (Wildman–Crippen LogP) is 4.22. The highest BCUT2D eigenvalue weighted by Gasteiger charge is 2.27. The van der Waals surface area contributed by atoms with Gasteiger partial charge in [-0.1, -0.05) is 20.3 Å². The van der Waals surface area contributed by atoms with Crippen LogP contribution in [0.1, 0.15) is 39.5 Å². The molecule has 1 N–H and O–H groups in total. The second kappa shape index (κ2) is 4.74. The zero-order valence-electron chi connectivity index (χ0n) is 9.96. The molecule has 3 heteroatoms. The van der Waals surface area contributed by atoms with Gasteiger partial charge in [-0.3, -0.25) is 4.98 Å². The lowest BCUT2D eigenvalue weighted by Gasteiger charge is -2.36. The van der Waals surface area contributed by atoms with Gasteiger partial charge in [-0.05, 0) is 46.7 Å². The van der Waals surface area contributed by atoms with Gasteiger partial charge >= 0.3 is 0 Å². The van der Waals surface area contributed by atoms with E-state index in [9.17, 15) is 0 Å². The second-order valence-electron chi connectivity index (χ2n) is 5.46. The minimum Gasteiger partial charge on any atom is -0.381 e. The summed E-state index contributed by atoms with van der Waals surface area (Å²) in [5.74, 6) is 0. The first kappa shape index (κ1) is 11.9. The average Bonchev–Trinajstić information content (AvgIpc) is 2.20. The molecule has 0 spiro atoms. The van der Waals surface area contributed by atoms with Crippen LogP contribution < -0.4 is 5.32 Å². The molecule has 0 radical (unpaired) electrons. The molecule has 2 nitrogen and oxygen atoms in total. The molecule has 1 saturated carbocycles. The van der Waals surface area contributed by atoms with Gasteiger partial charge in [0, 0.05) is 18.4 Å². The number of hydrogen-bond acceptors (Lipinski definition) is 2. The van der Waals surface area contributed by atoms with Gasteiger partial charge in [0.05, 0.1) is 10.2 Å². The summed E-state index contributed by atoms with van der Waals surface area (Å²) in [6.07, 6.45) is 8.88. The molecule has 1 aliphatic carbocycles. The maximum Gasteiger partial charge on any atom is 0.0590 e. The molecule has 2 rings (SSSR count). The lowest BCUT2D eigenvalue weighted by atomic mass is 9.75. The minimum absolute atomic E-state index is 0.482. The fourth-order valence-corrected chi connectivity index (χ4v) is 2.90. The normalized spacial score (nSPS) is 24.1. The van der Waals surface area contributed by atoms with E-state index < -0.39 is 0 Å². The van der Waals surface area contributed by atoms with E-state index in [0.717, 1.165) is 10.2 Å². The van der Waals surface area contributed by atoms with Crippen LogP contribution in [0.2, 0.25) is 0 Å². The number of rotatable bonds is 2. The number of aromatic nitrogens is 1. The van der Waals surface area contributed by atoms with Crippen molar-refractivity contribution >= 4 is 21.6 Å². The van der Waals surface area contributed by atoms with Crippen molar-refractivity contribution in [1.82, 2.24) is 4.98 Å². The Kier molecular flexibility index (Phi) is 3.53. The molecule has 0 saturated heterocycles. The van der Waals surface area contributed by atoms with Crippen LogP contribution in [0.25, 0.3) is 0 Å². The molecule has 88 valence electrons. The molecular formula is C13H19BrN2. The van der Waals surface area contributed by atoms with E-state index in [1.54, 1.807) is 0 Å². The number of anilines is 1. The molecule has 1 unspecified atom stereocenters. The van der Waals surface area contributed by atoms with Gasteiger partial charge in [0.25, 0.3) is 0 Å². The van der Waals surface area contributed by atoms with Gasteiger partial charge in [-0.2, -0.15) is 0 Å². The SMILES string of the molecule is CC1(C)CCCC(Nc2ccncc2Br)C1. The topological polar surface area (TPSA) is 24.9 Å². The van der Waals surface area contributed by atoms with Crippen molar-refractivity contribution in [2.75, 3.05) is 5.32 Å². The Morgan fingerprint density at radius 1 is 1.50 bits per heavy atom. The van der Waals surface area contributed by atoms with Crippen molar-refractivity contribution in [3.63, 3.8) is 0 Å². The Bertz CT molecular complexity index is 363. The fraction of sp³-hybridized carbons (Fsp3) is 0.615. The maximum atomic E-state index is 4.08. The van der Waals surface area contributed by atoms with Gasteiger partial charge in [-0.25, -0.2) is 0 Å². The molecule has 1 heterocycles. The first-order valence-electron chi connectivity index (χ1n) is 5.93. The maximum absolute atomic E-state index is 4.08. The van der Waals surface area contributed by atoms with Gasteiger partial charge in [0.2, 0.25) is 0 Å². The van der Waals surface area contributed by atoms with Crippen LogP contribution in [0, 0.1) is 5.41 Å². The van der Waals surface area contributed by atoms with Crippen LogP contribution in [-0.2, 0) is 0 Å². The first-order valence-corrected chi connectivity index (χ1v) is 6.72. The number of hydrogen-bond donors (Lipinski definition) is 1. The van der Waals surface area contributed by atoms with Crippen molar-refractivity contribution in [2.45, 2.75) is 45.6 Å². The molecule has 1 fully saturated rings. The van der Waals surface area contributed by atoms with Gasteiger partial charge in [0.15, 0.2) is 0 Å². The van der Waals surface area contributed by atoms with Crippen LogP contribution in [0.5, 0.6) is 0 Å². The fourth-order valence-electron chi connectivity index (χ4n) is 2.53. The summed E-state index contributed by atoms with van der Waals surface area (Å²) in [4.78, 5) is 4.08. The zero-order chi connectivity index (χ0) is 11.6. The molecule has 16 heavy (non-hydrogen) atoms. The molecular weight excluding hydrogens is 264 g/mol. The van der Waals surface area contributed by atoms with Crippen molar-refractivity contribution in [3.8, 4) is 0 Å². The third kappa shape index (κ3) is 2.97. The van der Waals surface area contributed by atoms with Crippen molar-refractivity contribution in [1.29, 1.82) is 0 Å². The molecule has 0 bridgehead atoms. The number of nitrogens with one attached hydrogen (secondary N) is 1. The molecule has 0 amide bonds. The lowest BCUT2D eigenvalue weighted by molar-refractivity contribution is 0.229. The molecule has 0 aliphatic heterocycles. The van der Waals surface area contributed by atoms with Gasteiger partial charge < -0.3 is 5.32 Å². The number of nitrogens with zero attached hydrogens (tertiary/aromatic N) is 1. The highest BCUT2D eigenvalue weighted by atomic mass is 79.9. The number of halogens is 1. The van der Waals surface area contributed by atoms with Crippen LogP contribution in [-0.4, -0.2) is 11.0 Å². The highest BCUT2D eigenvalue weighted by molar-refractivity contribution is 9.10. The Hall–Kier alpha value is -0.570. The summed E-state index contributed by atoms with van der Waals surface area (Å²) in [7, 11) is 0. The Balaban J connectivity index is 2.02. The van der Waals surface area contributed by atoms with Crippen LogP contribution in [0.4, 0.5) is 5.69 Å². The van der Waals surface area contributed by atoms with E-state index >= 15 is 0 Å². The van der Waals surface area contributed by atoms with Gasteiger partial charge in [-0.15, -0.1) is 0 Å². The zero-order valence-corrected chi connectivity index (χ0v) is 11.5. The van der Waals surface area contributed by atoms with E-state index in [2.05, 4.69) is 40.1 Å². The van der Waals surface area contributed by atoms with E-state index in [0.29, 0.717) is 11.5 Å². The molecule has 0 aromatic carbocycles. The third-order valence-corrected chi connectivity index (χ3v) is 3.97. The number of pyridine rings is 1. The molecule has 1 aromatic rings. The standard InChI is InChI=1S/C13H19BrN2/c1-13(2)6-3-4-10(8-13)16-12-5-7-15-9-11(12)14/h5,7,9-10H,3-4,6,8H2,1-2H3,(H,15,16). The summed E-state index contributed by atoms with van der Waals surface area (Å²) in [6, 6.07) is 2.63. The quantitative estimate of drug-likeness (QED) is 0.878. The van der Waals surface area contributed by atoms with Crippen LogP contribution in [0.15, 0.2) is 22.9 Å². The summed E-state index contributed by atoms with van der Waals surface area (Å²) < 4.78 is 1.05. The van der Waals surface area contributed by atoms with E-state index in [4.69, 9.17) is 0 Å². The summed E-state index contributed by atoms with van der Waals surface area (Å²) in [5, 5.41) is 3.62. The first-order chi connectivity index (χ1) is 7.57. The van der Waals surface area contributed by atoms with Gasteiger partial charge in [0.1, 0.15) is 0 Å². The lowest BCUT2D eigenvalue weighted by Crippen LogP contribution is -2.31. The Morgan fingerprint density at radius 3 is 3.00 bits per heavy atom.